The van der Waals surface area contributed by atoms with E-state index in [0.717, 1.165) is 12.1 Å². The Bertz CT molecular complexity index is 892. The molecule has 0 saturated carbocycles. The van der Waals surface area contributed by atoms with Gasteiger partial charge in [-0.25, -0.2) is 8.42 Å². The third-order valence-electron chi connectivity index (χ3n) is 4.08. The SMILES string of the molecule is CCN(CC)S(=O)(=O)c1ccc(C)c(NC(=O)CSc2nncn2CC)c1. The average molecular weight is 412 g/mol. The van der Waals surface area contributed by atoms with E-state index in [2.05, 4.69) is 15.5 Å². The molecule has 0 atom stereocenters. The van der Waals surface area contributed by atoms with Gasteiger partial charge in [0.05, 0.1) is 10.6 Å². The number of thioether (sulfide) groups is 1. The van der Waals surface area contributed by atoms with Gasteiger partial charge in [-0.05, 0) is 31.5 Å². The molecular weight excluding hydrogens is 386 g/mol. The topological polar surface area (TPSA) is 97.2 Å². The Morgan fingerprint density at radius 1 is 1.26 bits per heavy atom. The average Bonchev–Trinajstić information content (AvgIpc) is 3.10. The Kier molecular flexibility index (Phi) is 7.40. The second-order valence-corrected chi connectivity index (χ2v) is 8.68. The van der Waals surface area contributed by atoms with Crippen molar-refractivity contribution in [3.8, 4) is 0 Å². The van der Waals surface area contributed by atoms with Crippen molar-refractivity contribution in [3.05, 3.63) is 30.1 Å². The molecule has 0 spiro atoms. The molecule has 0 aliphatic heterocycles. The fraction of sp³-hybridized carbons (Fsp3) is 0.471. The van der Waals surface area contributed by atoms with Crippen LogP contribution in [0.2, 0.25) is 0 Å². The van der Waals surface area contributed by atoms with Crippen molar-refractivity contribution in [3.63, 3.8) is 0 Å². The van der Waals surface area contributed by atoms with E-state index < -0.39 is 10.0 Å². The van der Waals surface area contributed by atoms with Crippen molar-refractivity contribution in [2.45, 2.75) is 44.3 Å². The molecule has 0 bridgehead atoms. The summed E-state index contributed by atoms with van der Waals surface area (Å²) >= 11 is 1.28. The fourth-order valence-corrected chi connectivity index (χ4v) is 4.76. The number of rotatable bonds is 9. The zero-order valence-electron chi connectivity index (χ0n) is 16.0. The lowest BCUT2D eigenvalue weighted by Gasteiger charge is -2.19. The Morgan fingerprint density at radius 3 is 2.59 bits per heavy atom. The summed E-state index contributed by atoms with van der Waals surface area (Å²) in [5.41, 5.74) is 1.29. The van der Waals surface area contributed by atoms with E-state index in [-0.39, 0.29) is 16.6 Å². The van der Waals surface area contributed by atoms with Crippen molar-refractivity contribution in [2.24, 2.45) is 0 Å². The Hall–Kier alpha value is -1.91. The highest BCUT2D eigenvalue weighted by Gasteiger charge is 2.22. The van der Waals surface area contributed by atoms with Crippen LogP contribution in [-0.4, -0.2) is 52.2 Å². The molecule has 0 unspecified atom stereocenters. The van der Waals surface area contributed by atoms with Crippen molar-refractivity contribution in [2.75, 3.05) is 24.2 Å². The lowest BCUT2D eigenvalue weighted by molar-refractivity contribution is -0.113. The van der Waals surface area contributed by atoms with Crippen molar-refractivity contribution in [1.82, 2.24) is 19.1 Å². The van der Waals surface area contributed by atoms with Gasteiger partial charge in [-0.1, -0.05) is 31.7 Å². The van der Waals surface area contributed by atoms with Gasteiger partial charge in [-0.3, -0.25) is 4.79 Å². The van der Waals surface area contributed by atoms with Gasteiger partial charge in [0.25, 0.3) is 0 Å². The number of carbonyl (C=O) groups excluding carboxylic acids is 1. The van der Waals surface area contributed by atoms with Gasteiger partial charge in [-0.15, -0.1) is 10.2 Å². The predicted molar refractivity (Wildman–Crippen MR) is 106 cm³/mol. The molecule has 1 aromatic carbocycles. The first kappa shape index (κ1) is 21.4. The fourth-order valence-electron chi connectivity index (χ4n) is 2.50. The predicted octanol–water partition coefficient (Wildman–Crippen LogP) is 2.37. The number of hydrogen-bond acceptors (Lipinski definition) is 6. The molecule has 27 heavy (non-hydrogen) atoms. The molecule has 10 heteroatoms. The first-order valence-electron chi connectivity index (χ1n) is 8.74. The monoisotopic (exact) mass is 411 g/mol. The molecule has 0 aliphatic rings. The number of sulfonamides is 1. The third kappa shape index (κ3) is 5.08. The molecule has 1 heterocycles. The van der Waals surface area contributed by atoms with Crippen LogP contribution in [0.3, 0.4) is 0 Å². The van der Waals surface area contributed by atoms with Crippen LogP contribution in [0.15, 0.2) is 34.6 Å². The number of aromatic nitrogens is 3. The van der Waals surface area contributed by atoms with Crippen LogP contribution in [0, 0.1) is 6.92 Å². The van der Waals surface area contributed by atoms with E-state index in [0.29, 0.717) is 23.9 Å². The van der Waals surface area contributed by atoms with Gasteiger partial charge in [0.15, 0.2) is 5.16 Å². The molecule has 2 aromatic rings. The minimum absolute atomic E-state index is 0.158. The van der Waals surface area contributed by atoms with E-state index in [1.54, 1.807) is 32.3 Å². The number of amides is 1. The molecule has 1 aromatic heterocycles. The van der Waals surface area contributed by atoms with Crippen molar-refractivity contribution >= 4 is 33.4 Å². The minimum atomic E-state index is -3.58. The maximum atomic E-state index is 12.7. The molecule has 0 radical (unpaired) electrons. The summed E-state index contributed by atoms with van der Waals surface area (Å²) in [7, 11) is -3.58. The van der Waals surface area contributed by atoms with Gasteiger partial charge >= 0.3 is 0 Å². The third-order valence-corrected chi connectivity index (χ3v) is 7.11. The quantitative estimate of drug-likeness (QED) is 0.636. The first-order chi connectivity index (χ1) is 12.8. The number of carbonyl (C=O) groups is 1. The number of benzene rings is 1. The van der Waals surface area contributed by atoms with Gasteiger partial charge in [0, 0.05) is 25.3 Å². The minimum Gasteiger partial charge on any atom is -0.325 e. The normalized spacial score (nSPS) is 11.7. The Balaban J connectivity index is 2.13. The second-order valence-electron chi connectivity index (χ2n) is 5.80. The smallest absolute Gasteiger partial charge is 0.243 e. The molecular formula is C17H25N5O3S2. The largest absolute Gasteiger partial charge is 0.325 e. The summed E-state index contributed by atoms with van der Waals surface area (Å²) in [5.74, 6) is -0.0725. The highest BCUT2D eigenvalue weighted by atomic mass is 32.2. The standard InChI is InChI=1S/C17H25N5O3S2/c1-5-21-12-18-20-17(21)26-11-16(23)19-15-10-14(9-8-13(15)4)27(24,25)22(6-2)7-3/h8-10,12H,5-7,11H2,1-4H3,(H,19,23). The summed E-state index contributed by atoms with van der Waals surface area (Å²) in [5, 5.41) is 11.3. The van der Waals surface area contributed by atoms with E-state index in [4.69, 9.17) is 0 Å². The summed E-state index contributed by atoms with van der Waals surface area (Å²) < 4.78 is 28.6. The summed E-state index contributed by atoms with van der Waals surface area (Å²) in [6, 6.07) is 4.78. The lowest BCUT2D eigenvalue weighted by atomic mass is 10.2. The second kappa shape index (κ2) is 9.34. The number of aryl methyl sites for hydroxylation is 2. The highest BCUT2D eigenvalue weighted by Crippen LogP contribution is 2.23. The summed E-state index contributed by atoms with van der Waals surface area (Å²) in [6.45, 7) is 8.89. The summed E-state index contributed by atoms with van der Waals surface area (Å²) in [4.78, 5) is 12.5. The molecule has 2 rings (SSSR count). The van der Waals surface area contributed by atoms with E-state index >= 15 is 0 Å². The lowest BCUT2D eigenvalue weighted by Crippen LogP contribution is -2.30. The molecule has 1 N–H and O–H groups in total. The van der Waals surface area contributed by atoms with Crippen LogP contribution < -0.4 is 5.32 Å². The molecule has 0 aliphatic carbocycles. The van der Waals surface area contributed by atoms with Gasteiger partial charge in [-0.2, -0.15) is 4.31 Å². The van der Waals surface area contributed by atoms with Crippen molar-refractivity contribution in [1.29, 1.82) is 0 Å². The number of nitrogens with one attached hydrogen (secondary N) is 1. The van der Waals surface area contributed by atoms with Gasteiger partial charge in [0.1, 0.15) is 6.33 Å². The van der Waals surface area contributed by atoms with Gasteiger partial charge in [0.2, 0.25) is 15.9 Å². The van der Waals surface area contributed by atoms with Crippen LogP contribution in [0.4, 0.5) is 5.69 Å². The molecule has 148 valence electrons. The Labute approximate surface area is 164 Å². The van der Waals surface area contributed by atoms with E-state index in [1.807, 2.05) is 18.4 Å². The van der Waals surface area contributed by atoms with Crippen LogP contribution in [0.5, 0.6) is 0 Å². The van der Waals surface area contributed by atoms with Crippen LogP contribution in [0.25, 0.3) is 0 Å². The number of hydrogen-bond donors (Lipinski definition) is 1. The number of nitrogens with zero attached hydrogens (tertiary/aromatic N) is 4. The molecule has 0 saturated heterocycles. The van der Waals surface area contributed by atoms with Gasteiger partial charge < -0.3 is 9.88 Å². The summed E-state index contributed by atoms with van der Waals surface area (Å²) in [6.07, 6.45) is 1.62. The Morgan fingerprint density at radius 2 is 1.96 bits per heavy atom. The van der Waals surface area contributed by atoms with E-state index in [9.17, 15) is 13.2 Å². The zero-order valence-corrected chi connectivity index (χ0v) is 17.6. The maximum absolute atomic E-state index is 12.7. The van der Waals surface area contributed by atoms with E-state index in [1.165, 1.54) is 22.1 Å². The zero-order chi connectivity index (χ0) is 20.0. The van der Waals surface area contributed by atoms with Crippen LogP contribution in [0.1, 0.15) is 26.3 Å². The maximum Gasteiger partial charge on any atom is 0.243 e. The molecule has 0 fully saturated rings. The molecule has 1 amide bonds. The first-order valence-corrected chi connectivity index (χ1v) is 11.2. The van der Waals surface area contributed by atoms with Crippen LogP contribution in [-0.2, 0) is 21.4 Å². The molecule has 8 nitrogen and oxygen atoms in total. The number of anilines is 1. The van der Waals surface area contributed by atoms with Crippen LogP contribution >= 0.6 is 11.8 Å². The highest BCUT2D eigenvalue weighted by molar-refractivity contribution is 7.99. The van der Waals surface area contributed by atoms with Crippen molar-refractivity contribution < 1.29 is 13.2 Å².